The molecule has 0 aliphatic rings. The van der Waals surface area contributed by atoms with Crippen LogP contribution in [0.2, 0.25) is 0 Å². The normalized spacial score (nSPS) is 10.2. The molecule has 0 unspecified atom stereocenters. The van der Waals surface area contributed by atoms with Gasteiger partial charge in [0.1, 0.15) is 0 Å². The summed E-state index contributed by atoms with van der Waals surface area (Å²) < 4.78 is 6.24. The Bertz CT molecular complexity index is 579. The van der Waals surface area contributed by atoms with E-state index in [1.807, 2.05) is 6.07 Å². The van der Waals surface area contributed by atoms with Crippen LogP contribution < -0.4 is 0 Å². The number of ether oxygens (including phenoxy) is 1. The van der Waals surface area contributed by atoms with Gasteiger partial charge in [-0.05, 0) is 24.6 Å². The molecule has 2 rings (SSSR count). The molecular formula is C13H13N3O3. The van der Waals surface area contributed by atoms with Crippen molar-refractivity contribution in [1.82, 2.24) is 15.0 Å². The number of hydrogen-bond donors (Lipinski definition) is 0. The molecule has 0 saturated carbocycles. The number of carbonyl (C=O) groups is 2. The van der Waals surface area contributed by atoms with Crippen molar-refractivity contribution in [3.63, 3.8) is 0 Å². The second kappa shape index (κ2) is 5.90. The summed E-state index contributed by atoms with van der Waals surface area (Å²) in [6, 6.07) is 7.20. The van der Waals surface area contributed by atoms with Crippen LogP contribution in [0.4, 0.5) is 0 Å². The molecule has 0 aliphatic heterocycles. The Morgan fingerprint density at radius 1 is 1.37 bits per heavy atom. The van der Waals surface area contributed by atoms with Crippen molar-refractivity contribution in [2.75, 3.05) is 6.61 Å². The fraction of sp³-hybridized carbons (Fsp3) is 0.231. The van der Waals surface area contributed by atoms with E-state index in [0.717, 1.165) is 11.3 Å². The van der Waals surface area contributed by atoms with Crippen LogP contribution in [-0.4, -0.2) is 33.4 Å². The van der Waals surface area contributed by atoms with E-state index in [0.29, 0.717) is 0 Å². The summed E-state index contributed by atoms with van der Waals surface area (Å²) in [7, 11) is 0. The third-order valence-corrected chi connectivity index (χ3v) is 2.47. The Morgan fingerprint density at radius 2 is 2.21 bits per heavy atom. The maximum Gasteiger partial charge on any atom is 0.374 e. The first-order valence-corrected chi connectivity index (χ1v) is 5.86. The predicted octanol–water partition coefficient (Wildman–Crippen LogP) is 0.942. The van der Waals surface area contributed by atoms with Crippen LogP contribution in [0.1, 0.15) is 12.5 Å². The maximum absolute atomic E-state index is 11.6. The first-order chi connectivity index (χ1) is 9.20. The zero-order valence-corrected chi connectivity index (χ0v) is 10.4. The van der Waals surface area contributed by atoms with E-state index in [2.05, 4.69) is 15.0 Å². The van der Waals surface area contributed by atoms with Crippen molar-refractivity contribution in [2.24, 2.45) is 0 Å². The minimum atomic E-state index is -0.798. The van der Waals surface area contributed by atoms with Crippen molar-refractivity contribution in [3.8, 4) is 5.69 Å². The molecule has 19 heavy (non-hydrogen) atoms. The van der Waals surface area contributed by atoms with E-state index in [-0.39, 0.29) is 13.0 Å². The molecule has 1 aromatic heterocycles. The van der Waals surface area contributed by atoms with Gasteiger partial charge in [-0.25, -0.2) is 9.48 Å². The number of hydrogen-bond acceptors (Lipinski definition) is 5. The highest BCUT2D eigenvalue weighted by Gasteiger charge is 2.15. The van der Waals surface area contributed by atoms with Crippen LogP contribution in [0.5, 0.6) is 0 Å². The van der Waals surface area contributed by atoms with E-state index in [9.17, 15) is 9.59 Å². The van der Waals surface area contributed by atoms with E-state index in [1.165, 1.54) is 0 Å². The first kappa shape index (κ1) is 12.9. The van der Waals surface area contributed by atoms with Gasteiger partial charge < -0.3 is 4.74 Å². The van der Waals surface area contributed by atoms with Crippen LogP contribution >= 0.6 is 0 Å². The fourth-order valence-corrected chi connectivity index (χ4v) is 1.62. The second-order valence-electron chi connectivity index (χ2n) is 3.84. The number of Topliss-reactive ketones (excluding diaryl/α,β-unsaturated/α-hetero) is 1. The summed E-state index contributed by atoms with van der Waals surface area (Å²) in [5.41, 5.74) is 1.51. The topological polar surface area (TPSA) is 74.1 Å². The molecule has 1 aromatic carbocycles. The number of benzene rings is 1. The predicted molar refractivity (Wildman–Crippen MR) is 66.7 cm³/mol. The Balaban J connectivity index is 2.12. The Morgan fingerprint density at radius 3 is 2.89 bits per heavy atom. The lowest BCUT2D eigenvalue weighted by Crippen LogP contribution is -2.19. The van der Waals surface area contributed by atoms with E-state index >= 15 is 0 Å². The van der Waals surface area contributed by atoms with Gasteiger partial charge in [-0.2, -0.15) is 0 Å². The highest BCUT2D eigenvalue weighted by atomic mass is 16.5. The maximum atomic E-state index is 11.6. The highest BCUT2D eigenvalue weighted by Crippen LogP contribution is 2.10. The van der Waals surface area contributed by atoms with Gasteiger partial charge in [-0.15, -0.1) is 5.10 Å². The van der Waals surface area contributed by atoms with Crippen molar-refractivity contribution in [3.05, 3.63) is 42.2 Å². The summed E-state index contributed by atoms with van der Waals surface area (Å²) in [6.07, 6.45) is 3.28. The third kappa shape index (κ3) is 3.25. The van der Waals surface area contributed by atoms with Gasteiger partial charge in [0.25, 0.3) is 0 Å². The van der Waals surface area contributed by atoms with Crippen LogP contribution in [0.15, 0.2) is 36.7 Å². The summed E-state index contributed by atoms with van der Waals surface area (Å²) >= 11 is 0. The minimum absolute atomic E-state index is 0.0152. The van der Waals surface area contributed by atoms with Gasteiger partial charge >= 0.3 is 5.97 Å². The zero-order chi connectivity index (χ0) is 13.7. The number of nitrogens with zero attached hydrogens (tertiary/aromatic N) is 3. The minimum Gasteiger partial charge on any atom is -0.460 e. The first-order valence-electron chi connectivity index (χ1n) is 5.86. The number of esters is 1. The Kier molecular flexibility index (Phi) is 4.02. The zero-order valence-electron chi connectivity index (χ0n) is 10.4. The lowest BCUT2D eigenvalue weighted by Gasteiger charge is -2.04. The molecule has 0 N–H and O–H groups in total. The van der Waals surface area contributed by atoms with Gasteiger partial charge in [0.05, 0.1) is 24.7 Å². The van der Waals surface area contributed by atoms with Gasteiger partial charge in [-0.1, -0.05) is 17.3 Å². The highest BCUT2D eigenvalue weighted by molar-refractivity contribution is 6.34. The molecule has 98 valence electrons. The van der Waals surface area contributed by atoms with E-state index in [1.54, 1.807) is 42.2 Å². The van der Waals surface area contributed by atoms with Crippen LogP contribution in [0, 0.1) is 0 Å². The second-order valence-corrected chi connectivity index (χ2v) is 3.84. The molecule has 6 heteroatoms. The van der Waals surface area contributed by atoms with Crippen LogP contribution in [0.25, 0.3) is 5.69 Å². The summed E-state index contributed by atoms with van der Waals surface area (Å²) in [6.45, 7) is 1.86. The van der Waals surface area contributed by atoms with Crippen LogP contribution in [-0.2, 0) is 20.7 Å². The summed E-state index contributed by atoms with van der Waals surface area (Å²) in [4.78, 5) is 22.9. The standard InChI is InChI=1S/C13H13N3O3/c1-2-19-13(18)12(17)9-10-4-3-5-11(8-10)16-7-6-14-15-16/h3-8H,2,9H2,1H3. The fourth-order valence-electron chi connectivity index (χ4n) is 1.62. The third-order valence-electron chi connectivity index (χ3n) is 2.47. The summed E-state index contributed by atoms with van der Waals surface area (Å²) in [5.74, 6) is -1.36. The van der Waals surface area contributed by atoms with Crippen molar-refractivity contribution in [2.45, 2.75) is 13.3 Å². The monoisotopic (exact) mass is 259 g/mol. The Hall–Kier alpha value is -2.50. The lowest BCUT2D eigenvalue weighted by atomic mass is 10.1. The smallest absolute Gasteiger partial charge is 0.374 e. The number of rotatable bonds is 5. The largest absolute Gasteiger partial charge is 0.460 e. The molecule has 1 heterocycles. The van der Waals surface area contributed by atoms with Gasteiger partial charge in [0.2, 0.25) is 5.78 Å². The van der Waals surface area contributed by atoms with Crippen molar-refractivity contribution < 1.29 is 14.3 Å². The molecule has 0 fully saturated rings. The van der Waals surface area contributed by atoms with E-state index < -0.39 is 11.8 Å². The molecule has 0 radical (unpaired) electrons. The molecule has 0 saturated heterocycles. The molecule has 0 bridgehead atoms. The molecule has 2 aromatic rings. The van der Waals surface area contributed by atoms with Gasteiger partial charge in [0.15, 0.2) is 0 Å². The average Bonchev–Trinajstić information content (AvgIpc) is 2.93. The molecular weight excluding hydrogens is 246 g/mol. The SMILES string of the molecule is CCOC(=O)C(=O)Cc1cccc(-n2ccnn2)c1. The van der Waals surface area contributed by atoms with Crippen LogP contribution in [0.3, 0.4) is 0 Å². The average molecular weight is 259 g/mol. The summed E-state index contributed by atoms with van der Waals surface area (Å²) in [5, 5.41) is 7.58. The van der Waals surface area contributed by atoms with Crippen molar-refractivity contribution >= 4 is 11.8 Å². The quantitative estimate of drug-likeness (QED) is 0.590. The molecule has 6 nitrogen and oxygen atoms in total. The Labute approximate surface area is 110 Å². The lowest BCUT2D eigenvalue weighted by molar-refractivity contribution is -0.153. The molecule has 0 atom stereocenters. The van der Waals surface area contributed by atoms with E-state index in [4.69, 9.17) is 0 Å². The molecule has 0 aliphatic carbocycles. The molecule has 0 spiro atoms. The van der Waals surface area contributed by atoms with Gasteiger partial charge in [0, 0.05) is 6.42 Å². The number of aromatic nitrogens is 3. The van der Waals surface area contributed by atoms with Gasteiger partial charge in [-0.3, -0.25) is 4.79 Å². The molecule has 0 amide bonds. The van der Waals surface area contributed by atoms with Crippen molar-refractivity contribution in [1.29, 1.82) is 0 Å². The number of ketones is 1. The number of carbonyl (C=O) groups excluding carboxylic acids is 2.